The first-order chi connectivity index (χ1) is 15.4. The minimum atomic E-state index is -0.174. The smallest absolute Gasteiger partial charge is 0.255 e. The first kappa shape index (κ1) is 21.0. The molecule has 0 saturated heterocycles. The van der Waals surface area contributed by atoms with Crippen molar-refractivity contribution < 1.29 is 4.79 Å². The van der Waals surface area contributed by atoms with Crippen LogP contribution < -0.4 is 5.32 Å². The highest BCUT2D eigenvalue weighted by Crippen LogP contribution is 2.42. The van der Waals surface area contributed by atoms with Gasteiger partial charge in [0.1, 0.15) is 0 Å². The normalized spacial score (nSPS) is 14.5. The Morgan fingerprint density at radius 2 is 2.06 bits per heavy atom. The van der Waals surface area contributed by atoms with E-state index < -0.39 is 0 Å². The van der Waals surface area contributed by atoms with Gasteiger partial charge in [0.05, 0.1) is 39.9 Å². The largest absolute Gasteiger partial charge is 0.344 e. The quantitative estimate of drug-likeness (QED) is 0.427. The number of carbonyl (C=O) groups is 1. The molecule has 1 atom stereocenters. The number of nitrogens with zero attached hydrogens (tertiary/aromatic N) is 5. The molecule has 4 heterocycles. The number of hydrogen-bond donors (Lipinski definition) is 1. The number of aryl methyl sites for hydroxylation is 3. The van der Waals surface area contributed by atoms with Crippen molar-refractivity contribution in [2.75, 3.05) is 0 Å². The number of nitrogens with one attached hydrogen (secondary N) is 1. The molecular weight excluding hydrogens is 440 g/mol. The van der Waals surface area contributed by atoms with Gasteiger partial charge in [0.15, 0.2) is 0 Å². The molecule has 0 radical (unpaired) electrons. The Morgan fingerprint density at radius 3 is 2.72 bits per heavy atom. The maximum Gasteiger partial charge on any atom is 0.255 e. The molecule has 0 bridgehead atoms. The van der Waals surface area contributed by atoms with Gasteiger partial charge in [0.2, 0.25) is 0 Å². The third-order valence-electron chi connectivity index (χ3n) is 5.59. The summed E-state index contributed by atoms with van der Waals surface area (Å²) in [6.07, 6.45) is 5.47. The Morgan fingerprint density at radius 1 is 1.25 bits per heavy atom. The van der Waals surface area contributed by atoms with Crippen LogP contribution in [-0.4, -0.2) is 30.6 Å². The maximum absolute atomic E-state index is 13.1. The average Bonchev–Trinajstić information content (AvgIpc) is 3.18. The third-order valence-corrected chi connectivity index (χ3v) is 7.35. The van der Waals surface area contributed by atoms with Crippen molar-refractivity contribution in [3.05, 3.63) is 61.6 Å². The molecular formula is C23H24N6OS2. The first-order valence-electron chi connectivity index (χ1n) is 10.6. The van der Waals surface area contributed by atoms with Gasteiger partial charge in [-0.2, -0.15) is 5.10 Å². The molecule has 1 N–H and O–H groups in total. The minimum absolute atomic E-state index is 0.142. The Kier molecular flexibility index (Phi) is 5.38. The Balaban J connectivity index is 1.47. The predicted molar refractivity (Wildman–Crippen MR) is 127 cm³/mol. The molecule has 0 spiro atoms. The van der Waals surface area contributed by atoms with Crippen molar-refractivity contribution >= 4 is 28.6 Å². The van der Waals surface area contributed by atoms with Crippen LogP contribution in [0.25, 0.3) is 17.2 Å². The summed E-state index contributed by atoms with van der Waals surface area (Å²) in [6.45, 7) is 8.11. The van der Waals surface area contributed by atoms with Gasteiger partial charge < -0.3 is 5.32 Å². The number of hydrogen-bond acceptors (Lipinski definition) is 7. The van der Waals surface area contributed by atoms with E-state index in [-0.39, 0.29) is 11.9 Å². The lowest BCUT2D eigenvalue weighted by Crippen LogP contribution is -2.27. The molecule has 1 aliphatic rings. The van der Waals surface area contributed by atoms with Crippen LogP contribution in [0.1, 0.15) is 68.2 Å². The van der Waals surface area contributed by atoms with Crippen LogP contribution in [0.4, 0.5) is 0 Å². The number of thiophene rings is 1. The van der Waals surface area contributed by atoms with Crippen LogP contribution in [0.5, 0.6) is 0 Å². The highest BCUT2D eigenvalue weighted by atomic mass is 32.1. The second-order valence-corrected chi connectivity index (χ2v) is 10.7. The zero-order valence-electron chi connectivity index (χ0n) is 18.4. The Labute approximate surface area is 194 Å². The highest BCUT2D eigenvalue weighted by molar-refractivity contribution is 7.12. The summed E-state index contributed by atoms with van der Waals surface area (Å²) in [6, 6.07) is 3.90. The molecule has 4 aromatic heterocycles. The van der Waals surface area contributed by atoms with E-state index in [1.807, 2.05) is 25.3 Å². The van der Waals surface area contributed by atoms with E-state index in [0.29, 0.717) is 17.4 Å². The first-order valence-corrected chi connectivity index (χ1v) is 12.3. The van der Waals surface area contributed by atoms with Gasteiger partial charge >= 0.3 is 0 Å². The summed E-state index contributed by atoms with van der Waals surface area (Å²) in [5, 5.41) is 10.6. The van der Waals surface area contributed by atoms with Crippen LogP contribution in [0.3, 0.4) is 0 Å². The number of amides is 1. The summed E-state index contributed by atoms with van der Waals surface area (Å²) < 4.78 is 1.74. The van der Waals surface area contributed by atoms with Crippen LogP contribution in [0, 0.1) is 20.8 Å². The van der Waals surface area contributed by atoms with Crippen LogP contribution in [0.15, 0.2) is 29.9 Å². The topological polar surface area (TPSA) is 85.6 Å². The Hall–Kier alpha value is -2.91. The summed E-state index contributed by atoms with van der Waals surface area (Å²) in [5.41, 5.74) is 4.33. The fourth-order valence-corrected chi connectivity index (χ4v) is 5.49. The number of aromatic nitrogens is 5. The standard InChI is InChI=1S/C23H24N6OS2/c1-12-9-17(14(3)32-12)19-7-8-24-23(28-19)29-21(16-5-6-16)18(10-25-29)22(30)26-13(2)20-11-31-15(4)27-20/h7-11,13,16H,5-6H2,1-4H3,(H,26,30)/t13-/m1/s1. The lowest BCUT2D eigenvalue weighted by Gasteiger charge is -2.12. The fourth-order valence-electron chi connectivity index (χ4n) is 3.85. The third kappa shape index (κ3) is 3.98. The van der Waals surface area contributed by atoms with Crippen molar-refractivity contribution in [3.63, 3.8) is 0 Å². The van der Waals surface area contributed by atoms with Crippen molar-refractivity contribution in [1.82, 2.24) is 30.0 Å². The lowest BCUT2D eigenvalue weighted by atomic mass is 10.1. The number of thiazole rings is 1. The molecule has 1 aliphatic carbocycles. The maximum atomic E-state index is 13.1. The lowest BCUT2D eigenvalue weighted by molar-refractivity contribution is 0.0938. The molecule has 0 aliphatic heterocycles. The summed E-state index contributed by atoms with van der Waals surface area (Å²) in [4.78, 5) is 29.4. The van der Waals surface area contributed by atoms with Crippen molar-refractivity contribution in [3.8, 4) is 17.2 Å². The number of rotatable bonds is 6. The summed E-state index contributed by atoms with van der Waals surface area (Å²) >= 11 is 3.34. The number of carbonyl (C=O) groups excluding carboxylic acids is 1. The Bertz CT molecular complexity index is 1300. The van der Waals surface area contributed by atoms with E-state index in [4.69, 9.17) is 4.98 Å². The van der Waals surface area contributed by atoms with Gasteiger partial charge in [-0.25, -0.2) is 19.6 Å². The van der Waals surface area contributed by atoms with Crippen LogP contribution >= 0.6 is 22.7 Å². The van der Waals surface area contributed by atoms with Gasteiger partial charge in [-0.1, -0.05) is 0 Å². The van der Waals surface area contributed by atoms with E-state index in [2.05, 4.69) is 40.3 Å². The molecule has 1 amide bonds. The highest BCUT2D eigenvalue weighted by Gasteiger charge is 2.34. The van der Waals surface area contributed by atoms with E-state index >= 15 is 0 Å². The van der Waals surface area contributed by atoms with E-state index in [0.717, 1.165) is 40.5 Å². The zero-order chi connectivity index (χ0) is 22.4. The van der Waals surface area contributed by atoms with Gasteiger partial charge in [-0.3, -0.25) is 4.79 Å². The van der Waals surface area contributed by atoms with Gasteiger partial charge in [0, 0.05) is 32.8 Å². The molecule has 164 valence electrons. The van der Waals surface area contributed by atoms with E-state index in [9.17, 15) is 4.79 Å². The fraction of sp³-hybridized carbons (Fsp3) is 0.348. The molecule has 1 fully saturated rings. The molecule has 1 saturated carbocycles. The molecule has 7 nitrogen and oxygen atoms in total. The predicted octanol–water partition coefficient (Wildman–Crippen LogP) is 5.14. The second kappa shape index (κ2) is 8.22. The summed E-state index contributed by atoms with van der Waals surface area (Å²) in [7, 11) is 0. The van der Waals surface area contributed by atoms with Gasteiger partial charge in [-0.15, -0.1) is 22.7 Å². The van der Waals surface area contributed by atoms with Crippen LogP contribution in [0.2, 0.25) is 0 Å². The molecule has 9 heteroatoms. The molecule has 0 unspecified atom stereocenters. The van der Waals surface area contributed by atoms with E-state index in [1.165, 1.54) is 9.75 Å². The van der Waals surface area contributed by atoms with Gasteiger partial charge in [-0.05, 0) is 52.7 Å². The van der Waals surface area contributed by atoms with Crippen molar-refractivity contribution in [2.45, 2.75) is 52.5 Å². The van der Waals surface area contributed by atoms with Crippen LogP contribution in [-0.2, 0) is 0 Å². The molecule has 5 rings (SSSR count). The molecule has 0 aromatic carbocycles. The van der Waals surface area contributed by atoms with Crippen molar-refractivity contribution in [1.29, 1.82) is 0 Å². The van der Waals surface area contributed by atoms with Crippen molar-refractivity contribution in [2.24, 2.45) is 0 Å². The SMILES string of the molecule is Cc1cc(-c2ccnc(-n3ncc(C(=O)N[C@H](C)c4csc(C)n4)c3C3CC3)n2)c(C)s1. The monoisotopic (exact) mass is 464 g/mol. The second-order valence-electron chi connectivity index (χ2n) is 8.18. The average molecular weight is 465 g/mol. The molecule has 4 aromatic rings. The zero-order valence-corrected chi connectivity index (χ0v) is 20.0. The van der Waals surface area contributed by atoms with E-state index in [1.54, 1.807) is 39.7 Å². The molecule has 32 heavy (non-hydrogen) atoms. The summed E-state index contributed by atoms with van der Waals surface area (Å²) in [5.74, 6) is 0.652. The van der Waals surface area contributed by atoms with Gasteiger partial charge in [0.25, 0.3) is 11.9 Å². The minimum Gasteiger partial charge on any atom is -0.344 e.